The van der Waals surface area contributed by atoms with E-state index >= 15 is 0 Å². The van der Waals surface area contributed by atoms with Crippen molar-refractivity contribution in [2.24, 2.45) is 0 Å². The van der Waals surface area contributed by atoms with Gasteiger partial charge < -0.3 is 4.74 Å². The Morgan fingerprint density at radius 3 is 2.52 bits per heavy atom. The van der Waals surface area contributed by atoms with Gasteiger partial charge in [-0.2, -0.15) is 10.1 Å². The Morgan fingerprint density at radius 2 is 1.81 bits per heavy atom. The summed E-state index contributed by atoms with van der Waals surface area (Å²) in [6.07, 6.45) is 3.35. The number of nitrogens with zero attached hydrogens (tertiary/aromatic N) is 4. The number of hydrogen-bond acceptors (Lipinski definition) is 6. The van der Waals surface area contributed by atoms with Crippen molar-refractivity contribution in [3.8, 4) is 17.4 Å². The lowest BCUT2D eigenvalue weighted by Crippen LogP contribution is -2.14. The number of halogens is 2. The Morgan fingerprint density at radius 1 is 1.03 bits per heavy atom. The lowest BCUT2D eigenvalue weighted by atomic mass is 10.3. The number of anilines is 1. The minimum atomic E-state index is -4.31. The molecule has 0 radical (unpaired) electrons. The van der Waals surface area contributed by atoms with Crippen molar-refractivity contribution in [3.63, 3.8) is 0 Å². The van der Waals surface area contributed by atoms with Crippen molar-refractivity contribution >= 4 is 15.7 Å². The van der Waals surface area contributed by atoms with Crippen molar-refractivity contribution < 1.29 is 21.9 Å². The molecule has 2 aromatic heterocycles. The van der Waals surface area contributed by atoms with E-state index in [0.29, 0.717) is 23.5 Å². The van der Waals surface area contributed by atoms with Gasteiger partial charge in [-0.25, -0.2) is 26.9 Å². The lowest BCUT2D eigenvalue weighted by molar-refractivity contribution is 0.459. The number of ether oxygens (including phenoxy) is 1. The second kappa shape index (κ2) is 8.11. The standard InChI is InChI=1S/C20H15F2N5O3S/c1-13-24-19(27-10-2-9-23-27)12-20(25-13)30-16-6-4-15(5-7-16)26-31(28,29)18-11-14(21)3-8-17(18)22/h2-12,26H,1H3. The summed E-state index contributed by atoms with van der Waals surface area (Å²) >= 11 is 0. The van der Waals surface area contributed by atoms with Gasteiger partial charge in [0, 0.05) is 24.1 Å². The lowest BCUT2D eigenvalue weighted by Gasteiger charge is -2.11. The molecule has 0 aliphatic carbocycles. The van der Waals surface area contributed by atoms with E-state index in [-0.39, 0.29) is 11.6 Å². The monoisotopic (exact) mass is 443 g/mol. The first-order valence-electron chi connectivity index (χ1n) is 8.92. The van der Waals surface area contributed by atoms with Gasteiger partial charge in [-0.05, 0) is 55.5 Å². The second-order valence-corrected chi connectivity index (χ2v) is 8.02. The Bertz CT molecular complexity index is 1330. The molecule has 8 nitrogen and oxygen atoms in total. The van der Waals surface area contributed by atoms with E-state index in [9.17, 15) is 17.2 Å². The van der Waals surface area contributed by atoms with Crippen LogP contribution in [0, 0.1) is 18.6 Å². The zero-order chi connectivity index (χ0) is 22.0. The number of benzene rings is 2. The van der Waals surface area contributed by atoms with Gasteiger partial charge >= 0.3 is 0 Å². The molecule has 0 fully saturated rings. The topological polar surface area (TPSA) is 99.0 Å². The van der Waals surface area contributed by atoms with Crippen LogP contribution in [0.3, 0.4) is 0 Å². The molecule has 1 N–H and O–H groups in total. The fourth-order valence-corrected chi connectivity index (χ4v) is 3.85. The first-order chi connectivity index (χ1) is 14.8. The summed E-state index contributed by atoms with van der Waals surface area (Å²) in [5, 5.41) is 4.11. The van der Waals surface area contributed by atoms with Crippen LogP contribution < -0.4 is 9.46 Å². The first kappa shape index (κ1) is 20.4. The van der Waals surface area contributed by atoms with Crippen LogP contribution in [0.1, 0.15) is 5.82 Å². The molecule has 31 heavy (non-hydrogen) atoms. The van der Waals surface area contributed by atoms with E-state index in [1.807, 2.05) is 0 Å². The summed E-state index contributed by atoms with van der Waals surface area (Å²) in [4.78, 5) is 7.72. The Hall–Kier alpha value is -3.86. The molecule has 4 aromatic rings. The number of aromatic nitrogens is 4. The zero-order valence-electron chi connectivity index (χ0n) is 16.0. The number of hydrogen-bond donors (Lipinski definition) is 1. The number of aryl methyl sites for hydroxylation is 1. The predicted octanol–water partition coefficient (Wildman–Crippen LogP) is 3.84. The number of rotatable bonds is 6. The predicted molar refractivity (Wildman–Crippen MR) is 108 cm³/mol. The van der Waals surface area contributed by atoms with Crippen molar-refractivity contribution in [1.82, 2.24) is 19.7 Å². The van der Waals surface area contributed by atoms with Crippen LogP contribution in [0.25, 0.3) is 5.82 Å². The number of sulfonamides is 1. The molecule has 11 heteroatoms. The molecule has 4 rings (SSSR count). The highest BCUT2D eigenvalue weighted by molar-refractivity contribution is 7.92. The minimum absolute atomic E-state index is 0.145. The first-order valence-corrected chi connectivity index (χ1v) is 10.4. The molecular weight excluding hydrogens is 428 g/mol. The van der Waals surface area contributed by atoms with E-state index < -0.39 is 26.6 Å². The largest absolute Gasteiger partial charge is 0.439 e. The Labute approximate surface area is 176 Å². The van der Waals surface area contributed by atoms with Gasteiger partial charge in [0.05, 0.1) is 0 Å². The maximum Gasteiger partial charge on any atom is 0.264 e. The normalized spacial score (nSPS) is 11.3. The van der Waals surface area contributed by atoms with E-state index in [2.05, 4.69) is 19.8 Å². The smallest absolute Gasteiger partial charge is 0.264 e. The van der Waals surface area contributed by atoms with Crippen LogP contribution in [0.5, 0.6) is 11.6 Å². The van der Waals surface area contributed by atoms with Crippen molar-refractivity contribution in [3.05, 3.63) is 84.4 Å². The highest BCUT2D eigenvalue weighted by Crippen LogP contribution is 2.25. The molecule has 2 aromatic carbocycles. The molecule has 0 amide bonds. The number of nitrogens with one attached hydrogen (secondary N) is 1. The maximum atomic E-state index is 13.8. The zero-order valence-corrected chi connectivity index (χ0v) is 16.8. The van der Waals surface area contributed by atoms with E-state index in [4.69, 9.17) is 4.74 Å². The van der Waals surface area contributed by atoms with Crippen molar-refractivity contribution in [1.29, 1.82) is 0 Å². The molecule has 158 valence electrons. The SMILES string of the molecule is Cc1nc(Oc2ccc(NS(=O)(=O)c3cc(F)ccc3F)cc2)cc(-n2cccn2)n1. The van der Waals surface area contributed by atoms with Gasteiger partial charge in [0.1, 0.15) is 28.1 Å². The van der Waals surface area contributed by atoms with Crippen LogP contribution in [0.15, 0.2) is 71.9 Å². The minimum Gasteiger partial charge on any atom is -0.439 e. The molecule has 2 heterocycles. The van der Waals surface area contributed by atoms with Crippen LogP contribution in [-0.4, -0.2) is 28.2 Å². The van der Waals surface area contributed by atoms with Gasteiger partial charge in [0.25, 0.3) is 10.0 Å². The summed E-state index contributed by atoms with van der Waals surface area (Å²) in [6.45, 7) is 1.71. The summed E-state index contributed by atoms with van der Waals surface area (Å²) in [5.41, 5.74) is 0.145. The Balaban J connectivity index is 1.52. The van der Waals surface area contributed by atoms with Crippen LogP contribution in [0.2, 0.25) is 0 Å². The van der Waals surface area contributed by atoms with E-state index in [1.54, 1.807) is 36.1 Å². The summed E-state index contributed by atoms with van der Waals surface area (Å²) in [6, 6.07) is 11.4. The molecule has 0 unspecified atom stereocenters. The van der Waals surface area contributed by atoms with E-state index in [1.165, 1.54) is 24.3 Å². The molecule has 0 saturated carbocycles. The third-order valence-corrected chi connectivity index (χ3v) is 5.45. The highest BCUT2D eigenvalue weighted by Gasteiger charge is 2.20. The molecule has 0 aliphatic rings. The fraction of sp³-hybridized carbons (Fsp3) is 0.0500. The van der Waals surface area contributed by atoms with Crippen molar-refractivity contribution in [2.75, 3.05) is 4.72 Å². The summed E-state index contributed by atoms with van der Waals surface area (Å²) < 4.78 is 61.4. The van der Waals surface area contributed by atoms with Gasteiger partial charge in [0.15, 0.2) is 5.82 Å². The average Bonchev–Trinajstić information content (AvgIpc) is 3.26. The molecule has 0 saturated heterocycles. The average molecular weight is 443 g/mol. The third kappa shape index (κ3) is 4.67. The molecule has 0 spiro atoms. The molecule has 0 bridgehead atoms. The van der Waals surface area contributed by atoms with Gasteiger partial charge in [-0.15, -0.1) is 0 Å². The van der Waals surface area contributed by atoms with Gasteiger partial charge in [0.2, 0.25) is 5.88 Å². The maximum absolute atomic E-state index is 13.8. The van der Waals surface area contributed by atoms with E-state index in [0.717, 1.165) is 12.1 Å². The van der Waals surface area contributed by atoms with Crippen molar-refractivity contribution in [2.45, 2.75) is 11.8 Å². The van der Waals surface area contributed by atoms with Crippen LogP contribution >= 0.6 is 0 Å². The van der Waals surface area contributed by atoms with Crippen LogP contribution in [0.4, 0.5) is 14.5 Å². The molecular formula is C20H15F2N5O3S. The fourth-order valence-electron chi connectivity index (χ4n) is 2.70. The molecule has 0 aliphatic heterocycles. The third-order valence-electron chi connectivity index (χ3n) is 4.05. The van der Waals surface area contributed by atoms with Gasteiger partial charge in [-0.1, -0.05) is 0 Å². The van der Waals surface area contributed by atoms with Crippen LogP contribution in [-0.2, 0) is 10.0 Å². The van der Waals surface area contributed by atoms with Gasteiger partial charge in [-0.3, -0.25) is 4.72 Å². The second-order valence-electron chi connectivity index (χ2n) is 6.37. The quantitative estimate of drug-likeness (QED) is 0.486. The Kier molecular flexibility index (Phi) is 5.34. The highest BCUT2D eigenvalue weighted by atomic mass is 32.2. The molecule has 0 atom stereocenters. The summed E-state index contributed by atoms with van der Waals surface area (Å²) in [7, 11) is -4.31. The summed E-state index contributed by atoms with van der Waals surface area (Å²) in [5.74, 6) is -0.266.